The monoisotopic (exact) mass is 460 g/mol. The number of nitrogen functional groups attached to an aromatic ring is 1. The Morgan fingerprint density at radius 3 is 2.47 bits per heavy atom. The summed E-state index contributed by atoms with van der Waals surface area (Å²) in [6, 6.07) is 10.9. The molecule has 0 aliphatic carbocycles. The second-order valence-electron chi connectivity index (χ2n) is 8.61. The second-order valence-corrected chi connectivity index (χ2v) is 8.61. The number of nitrogens with two attached hydrogens (primary N) is 1. The number of amidine groups is 1. The molecule has 0 bridgehead atoms. The fourth-order valence-electron chi connectivity index (χ4n) is 3.34. The normalized spacial score (nSPS) is 17.8. The Hall–Kier alpha value is -3.13. The number of rotatable bonds is 7. The standard InChI is InChI=1S/C23H28N4O4.ClH/c1-23(2,3)31-20(28)11-16-10-17(27-22(16)29)13-30-18-7-4-14(5-8-18)19-9-6-15(12-26-19)21(24)25;/h4-9,12,16-17H,10-11,13H2,1-3H3,(H3,24,25)(H,27,29);1H/t16-,17-;/m0./s1. The summed E-state index contributed by atoms with van der Waals surface area (Å²) < 4.78 is 11.1. The predicted molar refractivity (Wildman–Crippen MR) is 124 cm³/mol. The van der Waals surface area contributed by atoms with Gasteiger partial charge in [0.05, 0.1) is 24.1 Å². The predicted octanol–water partition coefficient (Wildman–Crippen LogP) is 3.07. The van der Waals surface area contributed by atoms with Crippen molar-refractivity contribution in [3.8, 4) is 17.0 Å². The molecule has 1 amide bonds. The van der Waals surface area contributed by atoms with Crippen LogP contribution < -0.4 is 15.8 Å². The number of nitrogens with zero attached hydrogens (tertiary/aromatic N) is 1. The summed E-state index contributed by atoms with van der Waals surface area (Å²) in [5, 5.41) is 10.3. The number of carbonyl (C=O) groups excluding carboxylic acids is 2. The van der Waals surface area contributed by atoms with Crippen LogP contribution in [0.25, 0.3) is 11.3 Å². The molecular weight excluding hydrogens is 432 g/mol. The van der Waals surface area contributed by atoms with Crippen molar-refractivity contribution in [2.75, 3.05) is 6.61 Å². The van der Waals surface area contributed by atoms with Crippen LogP contribution in [0.1, 0.15) is 39.2 Å². The zero-order valence-electron chi connectivity index (χ0n) is 18.4. The van der Waals surface area contributed by atoms with Gasteiger partial charge in [0, 0.05) is 17.3 Å². The lowest BCUT2D eigenvalue weighted by molar-refractivity contribution is -0.156. The first-order chi connectivity index (χ1) is 14.6. The lowest BCUT2D eigenvalue weighted by Crippen LogP contribution is -2.31. The van der Waals surface area contributed by atoms with Crippen LogP contribution >= 0.6 is 12.4 Å². The van der Waals surface area contributed by atoms with Gasteiger partial charge in [-0.2, -0.15) is 0 Å². The van der Waals surface area contributed by atoms with Crippen LogP contribution in [0.15, 0.2) is 42.6 Å². The maximum Gasteiger partial charge on any atom is 0.307 e. The van der Waals surface area contributed by atoms with Crippen molar-refractivity contribution in [1.29, 1.82) is 5.41 Å². The van der Waals surface area contributed by atoms with Crippen molar-refractivity contribution in [1.82, 2.24) is 10.3 Å². The molecule has 2 heterocycles. The molecule has 2 atom stereocenters. The van der Waals surface area contributed by atoms with Crippen LogP contribution in [0.5, 0.6) is 5.75 Å². The van der Waals surface area contributed by atoms with E-state index in [2.05, 4.69) is 10.3 Å². The summed E-state index contributed by atoms with van der Waals surface area (Å²) in [7, 11) is 0. The fourth-order valence-corrected chi connectivity index (χ4v) is 3.34. The summed E-state index contributed by atoms with van der Waals surface area (Å²) in [5.74, 6) is -0.247. The van der Waals surface area contributed by atoms with Crippen LogP contribution in [-0.2, 0) is 14.3 Å². The summed E-state index contributed by atoms with van der Waals surface area (Å²) in [4.78, 5) is 28.5. The number of halogens is 1. The SMILES string of the molecule is CC(C)(C)OC(=O)C[C@@H]1C[C@@H](COc2ccc(-c3ccc(C(=N)N)cn3)cc2)NC1=O.Cl. The molecule has 1 saturated heterocycles. The molecule has 9 heteroatoms. The number of benzene rings is 1. The Bertz CT molecular complexity index is 955. The van der Waals surface area contributed by atoms with E-state index in [1.807, 2.05) is 30.3 Å². The van der Waals surface area contributed by atoms with Crippen LogP contribution in [0, 0.1) is 11.3 Å². The quantitative estimate of drug-likeness (QED) is 0.331. The zero-order valence-corrected chi connectivity index (χ0v) is 19.2. The van der Waals surface area contributed by atoms with Gasteiger partial charge in [-0.3, -0.25) is 20.0 Å². The molecule has 0 unspecified atom stereocenters. The Balaban J connectivity index is 0.00000363. The molecule has 1 aliphatic heterocycles. The van der Waals surface area contributed by atoms with E-state index in [4.69, 9.17) is 20.6 Å². The first-order valence-corrected chi connectivity index (χ1v) is 10.2. The first kappa shape index (κ1) is 25.1. The highest BCUT2D eigenvalue weighted by atomic mass is 35.5. The van der Waals surface area contributed by atoms with E-state index < -0.39 is 11.5 Å². The Kier molecular flexibility index (Phi) is 8.21. The maximum atomic E-state index is 12.2. The molecule has 1 fully saturated rings. The van der Waals surface area contributed by atoms with E-state index in [1.54, 1.807) is 33.0 Å². The molecular formula is C23H29ClN4O4. The number of hydrogen-bond donors (Lipinski definition) is 3. The van der Waals surface area contributed by atoms with E-state index in [-0.39, 0.29) is 42.6 Å². The van der Waals surface area contributed by atoms with Gasteiger partial charge in [0.1, 0.15) is 23.8 Å². The number of carbonyl (C=O) groups is 2. The van der Waals surface area contributed by atoms with E-state index in [0.29, 0.717) is 24.3 Å². The number of hydrogen-bond acceptors (Lipinski definition) is 6. The van der Waals surface area contributed by atoms with Gasteiger partial charge in [-0.15, -0.1) is 12.4 Å². The maximum absolute atomic E-state index is 12.2. The minimum Gasteiger partial charge on any atom is -0.491 e. The number of esters is 1. The lowest BCUT2D eigenvalue weighted by Gasteiger charge is -2.20. The average Bonchev–Trinajstić information content (AvgIpc) is 3.04. The van der Waals surface area contributed by atoms with Crippen molar-refractivity contribution in [3.05, 3.63) is 48.2 Å². The molecule has 1 aromatic carbocycles. The molecule has 0 radical (unpaired) electrons. The van der Waals surface area contributed by atoms with Crippen molar-refractivity contribution < 1.29 is 19.1 Å². The van der Waals surface area contributed by atoms with Gasteiger partial charge in [-0.05, 0) is 63.6 Å². The smallest absolute Gasteiger partial charge is 0.307 e. The lowest BCUT2D eigenvalue weighted by atomic mass is 10.0. The molecule has 4 N–H and O–H groups in total. The van der Waals surface area contributed by atoms with Gasteiger partial charge in [-0.25, -0.2) is 0 Å². The Morgan fingerprint density at radius 1 is 1.22 bits per heavy atom. The Morgan fingerprint density at radius 2 is 1.91 bits per heavy atom. The van der Waals surface area contributed by atoms with Crippen LogP contribution in [0.3, 0.4) is 0 Å². The highest BCUT2D eigenvalue weighted by Gasteiger charge is 2.35. The number of aromatic nitrogens is 1. The van der Waals surface area contributed by atoms with Gasteiger partial charge in [0.25, 0.3) is 0 Å². The highest BCUT2D eigenvalue weighted by molar-refractivity contribution is 5.94. The van der Waals surface area contributed by atoms with Gasteiger partial charge >= 0.3 is 5.97 Å². The minimum absolute atomic E-state index is 0. The Labute approximate surface area is 193 Å². The summed E-state index contributed by atoms with van der Waals surface area (Å²) in [6.07, 6.45) is 2.17. The topological polar surface area (TPSA) is 127 Å². The molecule has 1 aromatic heterocycles. The van der Waals surface area contributed by atoms with Gasteiger partial charge < -0.3 is 20.5 Å². The van der Waals surface area contributed by atoms with Gasteiger partial charge in [0.2, 0.25) is 5.91 Å². The van der Waals surface area contributed by atoms with E-state index >= 15 is 0 Å². The molecule has 8 nitrogen and oxygen atoms in total. The number of pyridine rings is 1. The second kappa shape index (κ2) is 10.5. The zero-order chi connectivity index (χ0) is 22.6. The van der Waals surface area contributed by atoms with Crippen LogP contribution in [-0.4, -0.2) is 40.9 Å². The van der Waals surface area contributed by atoms with Gasteiger partial charge in [-0.1, -0.05) is 0 Å². The molecule has 172 valence electrons. The molecule has 32 heavy (non-hydrogen) atoms. The first-order valence-electron chi connectivity index (χ1n) is 10.2. The molecule has 1 aliphatic rings. The molecule has 3 rings (SSSR count). The molecule has 0 spiro atoms. The third-order valence-electron chi connectivity index (χ3n) is 4.80. The third kappa shape index (κ3) is 6.95. The van der Waals surface area contributed by atoms with Gasteiger partial charge in [0.15, 0.2) is 0 Å². The van der Waals surface area contributed by atoms with Crippen LogP contribution in [0.2, 0.25) is 0 Å². The number of amides is 1. The summed E-state index contributed by atoms with van der Waals surface area (Å²) >= 11 is 0. The number of ether oxygens (including phenoxy) is 2. The van der Waals surface area contributed by atoms with Crippen molar-refractivity contribution in [3.63, 3.8) is 0 Å². The summed E-state index contributed by atoms with van der Waals surface area (Å²) in [5.41, 5.74) is 7.14. The van der Waals surface area contributed by atoms with E-state index in [1.165, 1.54) is 0 Å². The average molecular weight is 461 g/mol. The summed E-state index contributed by atoms with van der Waals surface area (Å²) in [6.45, 7) is 5.73. The highest BCUT2D eigenvalue weighted by Crippen LogP contribution is 2.24. The number of nitrogens with one attached hydrogen (secondary N) is 2. The minimum atomic E-state index is -0.564. The molecule has 0 saturated carbocycles. The fraction of sp³-hybridized carbons (Fsp3) is 0.391. The van der Waals surface area contributed by atoms with Crippen molar-refractivity contribution in [2.24, 2.45) is 11.7 Å². The van der Waals surface area contributed by atoms with Crippen molar-refractivity contribution in [2.45, 2.75) is 45.3 Å². The van der Waals surface area contributed by atoms with Crippen molar-refractivity contribution >= 4 is 30.1 Å². The largest absolute Gasteiger partial charge is 0.491 e. The third-order valence-corrected chi connectivity index (χ3v) is 4.80. The molecule has 2 aromatic rings. The van der Waals surface area contributed by atoms with E-state index in [0.717, 1.165) is 11.3 Å². The van der Waals surface area contributed by atoms with Crippen LogP contribution in [0.4, 0.5) is 0 Å². The van der Waals surface area contributed by atoms with E-state index in [9.17, 15) is 9.59 Å².